The van der Waals surface area contributed by atoms with Crippen LogP contribution in [-0.2, 0) is 0 Å². The summed E-state index contributed by atoms with van der Waals surface area (Å²) in [4.78, 5) is 10.2. The lowest BCUT2D eigenvalue weighted by Crippen LogP contribution is -2.12. The van der Waals surface area contributed by atoms with Crippen LogP contribution in [0.25, 0.3) is 0 Å². The minimum absolute atomic E-state index is 0.109. The first kappa shape index (κ1) is 12.9. The van der Waals surface area contributed by atoms with Crippen molar-refractivity contribution in [2.75, 3.05) is 6.54 Å². The molecule has 0 aromatic heterocycles. The minimum atomic E-state index is -0.512. The normalized spacial score (nSPS) is 12.4. The Morgan fingerprint density at radius 3 is 2.75 bits per heavy atom. The molecule has 0 heterocycles. The third-order valence-corrected chi connectivity index (χ3v) is 2.63. The molecule has 0 aliphatic rings. The maximum Gasteiger partial charge on any atom is 0.288 e. The van der Waals surface area contributed by atoms with Crippen LogP contribution in [0, 0.1) is 10.1 Å². The van der Waals surface area contributed by atoms with Gasteiger partial charge in [0.05, 0.1) is 4.92 Å². The molecular weight excluding hydrogens is 230 g/mol. The zero-order valence-electron chi connectivity index (χ0n) is 8.73. The van der Waals surface area contributed by atoms with Crippen molar-refractivity contribution in [1.82, 2.24) is 0 Å². The Morgan fingerprint density at radius 1 is 1.50 bits per heavy atom. The van der Waals surface area contributed by atoms with Crippen molar-refractivity contribution in [2.45, 2.75) is 18.9 Å². The predicted octanol–water partition coefficient (Wildman–Crippen LogP) is 1.99. The Bertz CT molecular complexity index is 384. The van der Waals surface area contributed by atoms with E-state index in [2.05, 4.69) is 0 Å². The smallest absolute Gasteiger partial charge is 0.288 e. The number of rotatable bonds is 5. The molecule has 0 saturated heterocycles. The van der Waals surface area contributed by atoms with E-state index < -0.39 is 4.92 Å². The number of halogens is 1. The van der Waals surface area contributed by atoms with Gasteiger partial charge in [0.2, 0.25) is 0 Å². The predicted molar refractivity (Wildman–Crippen MR) is 63.3 cm³/mol. The fourth-order valence-corrected chi connectivity index (χ4v) is 1.59. The highest BCUT2D eigenvalue weighted by molar-refractivity contribution is 6.32. The Balaban J connectivity index is 2.89. The Labute approximate surface area is 98.5 Å². The van der Waals surface area contributed by atoms with Crippen LogP contribution in [0.3, 0.4) is 0 Å². The fraction of sp³-hybridized carbons (Fsp3) is 0.400. The summed E-state index contributed by atoms with van der Waals surface area (Å²) in [7, 11) is 0. The molecule has 0 bridgehead atoms. The zero-order valence-corrected chi connectivity index (χ0v) is 9.48. The molecule has 0 amide bonds. The summed E-state index contributed by atoms with van der Waals surface area (Å²) >= 11 is 5.70. The molecule has 1 aromatic carbocycles. The lowest BCUT2D eigenvalue weighted by molar-refractivity contribution is -0.384. The lowest BCUT2D eigenvalue weighted by Gasteiger charge is -2.11. The molecule has 0 radical (unpaired) electrons. The third kappa shape index (κ3) is 3.16. The van der Waals surface area contributed by atoms with E-state index in [0.29, 0.717) is 18.5 Å². The molecular formula is C10H14ClN3O2. The molecule has 0 saturated carbocycles. The molecule has 0 spiro atoms. The molecule has 1 aromatic rings. The highest BCUT2D eigenvalue weighted by Gasteiger charge is 2.15. The first-order chi connectivity index (χ1) is 7.56. The topological polar surface area (TPSA) is 95.2 Å². The van der Waals surface area contributed by atoms with E-state index in [9.17, 15) is 10.1 Å². The van der Waals surface area contributed by atoms with Crippen molar-refractivity contribution >= 4 is 17.3 Å². The van der Waals surface area contributed by atoms with Gasteiger partial charge in [-0.15, -0.1) is 0 Å². The highest BCUT2D eigenvalue weighted by Crippen LogP contribution is 2.28. The molecule has 88 valence electrons. The van der Waals surface area contributed by atoms with Gasteiger partial charge in [0, 0.05) is 12.1 Å². The van der Waals surface area contributed by atoms with Gasteiger partial charge in [-0.3, -0.25) is 10.1 Å². The van der Waals surface area contributed by atoms with E-state index in [1.54, 1.807) is 6.07 Å². The molecule has 0 aliphatic heterocycles. The SMILES string of the molecule is NCCC[C@@H](N)c1ccc(Cl)c([N+](=O)[O-])c1. The minimum Gasteiger partial charge on any atom is -0.330 e. The van der Waals surface area contributed by atoms with Crippen LogP contribution in [0.2, 0.25) is 5.02 Å². The summed E-state index contributed by atoms with van der Waals surface area (Å²) in [6, 6.07) is 4.39. The van der Waals surface area contributed by atoms with Crippen LogP contribution in [0.4, 0.5) is 5.69 Å². The summed E-state index contributed by atoms with van der Waals surface area (Å²) in [6.07, 6.45) is 1.49. The lowest BCUT2D eigenvalue weighted by atomic mass is 10.0. The number of hydrogen-bond donors (Lipinski definition) is 2. The Kier molecular flexibility index (Phi) is 4.67. The van der Waals surface area contributed by atoms with E-state index in [0.717, 1.165) is 6.42 Å². The standard InChI is InChI=1S/C10H14ClN3O2/c11-8-4-3-7(6-10(8)14(15)16)9(13)2-1-5-12/h3-4,6,9H,1-2,5,12-13H2/t9-/m1/s1. The maximum absolute atomic E-state index is 10.7. The van der Waals surface area contributed by atoms with Gasteiger partial charge in [-0.25, -0.2) is 0 Å². The molecule has 0 unspecified atom stereocenters. The molecule has 16 heavy (non-hydrogen) atoms. The Morgan fingerprint density at radius 2 is 2.19 bits per heavy atom. The van der Waals surface area contributed by atoms with Gasteiger partial charge in [0.25, 0.3) is 5.69 Å². The van der Waals surface area contributed by atoms with Crippen molar-refractivity contribution in [1.29, 1.82) is 0 Å². The quantitative estimate of drug-likeness (QED) is 0.611. The average Bonchev–Trinajstić information content (AvgIpc) is 2.26. The summed E-state index contributed by atoms with van der Waals surface area (Å²) in [5, 5.41) is 10.8. The first-order valence-corrected chi connectivity index (χ1v) is 5.33. The number of nitro benzene ring substituents is 1. The molecule has 0 aliphatic carbocycles. The van der Waals surface area contributed by atoms with E-state index >= 15 is 0 Å². The van der Waals surface area contributed by atoms with Crippen LogP contribution in [0.1, 0.15) is 24.4 Å². The van der Waals surface area contributed by atoms with Crippen molar-refractivity contribution < 1.29 is 4.92 Å². The van der Waals surface area contributed by atoms with Gasteiger partial charge in [-0.2, -0.15) is 0 Å². The number of nitrogens with zero attached hydrogens (tertiary/aromatic N) is 1. The van der Waals surface area contributed by atoms with Crippen LogP contribution in [0.5, 0.6) is 0 Å². The molecule has 1 rings (SSSR count). The summed E-state index contributed by atoms with van der Waals surface area (Å²) in [6.45, 7) is 0.559. The van der Waals surface area contributed by atoms with E-state index in [1.807, 2.05) is 0 Å². The van der Waals surface area contributed by atoms with Gasteiger partial charge < -0.3 is 11.5 Å². The first-order valence-electron chi connectivity index (χ1n) is 4.95. The van der Waals surface area contributed by atoms with Crippen LogP contribution in [0.15, 0.2) is 18.2 Å². The van der Waals surface area contributed by atoms with Crippen molar-refractivity contribution in [2.24, 2.45) is 11.5 Å². The second-order valence-corrected chi connectivity index (χ2v) is 3.91. The summed E-state index contributed by atoms with van der Waals surface area (Å²) in [5.74, 6) is 0. The van der Waals surface area contributed by atoms with Gasteiger partial charge in [0.15, 0.2) is 0 Å². The second-order valence-electron chi connectivity index (χ2n) is 3.51. The van der Waals surface area contributed by atoms with E-state index in [-0.39, 0.29) is 16.8 Å². The van der Waals surface area contributed by atoms with Crippen LogP contribution < -0.4 is 11.5 Å². The Hall–Kier alpha value is -1.17. The second kappa shape index (κ2) is 5.79. The van der Waals surface area contributed by atoms with Gasteiger partial charge >= 0.3 is 0 Å². The monoisotopic (exact) mass is 243 g/mol. The van der Waals surface area contributed by atoms with Crippen molar-refractivity contribution in [3.63, 3.8) is 0 Å². The molecule has 5 nitrogen and oxygen atoms in total. The summed E-state index contributed by atoms with van der Waals surface area (Å²) in [5.41, 5.74) is 11.9. The number of hydrogen-bond acceptors (Lipinski definition) is 4. The van der Waals surface area contributed by atoms with E-state index in [1.165, 1.54) is 12.1 Å². The van der Waals surface area contributed by atoms with Gasteiger partial charge in [-0.1, -0.05) is 17.7 Å². The van der Waals surface area contributed by atoms with Crippen molar-refractivity contribution in [3.05, 3.63) is 38.9 Å². The largest absolute Gasteiger partial charge is 0.330 e. The average molecular weight is 244 g/mol. The number of benzene rings is 1. The maximum atomic E-state index is 10.7. The molecule has 1 atom stereocenters. The van der Waals surface area contributed by atoms with Gasteiger partial charge in [0.1, 0.15) is 5.02 Å². The fourth-order valence-electron chi connectivity index (χ4n) is 1.40. The third-order valence-electron chi connectivity index (χ3n) is 2.31. The molecule has 4 N–H and O–H groups in total. The van der Waals surface area contributed by atoms with Gasteiger partial charge in [-0.05, 0) is 31.0 Å². The summed E-state index contributed by atoms with van der Waals surface area (Å²) < 4.78 is 0. The zero-order chi connectivity index (χ0) is 12.1. The van der Waals surface area contributed by atoms with Crippen LogP contribution in [-0.4, -0.2) is 11.5 Å². The highest BCUT2D eigenvalue weighted by atomic mass is 35.5. The number of nitrogens with two attached hydrogens (primary N) is 2. The number of nitro groups is 1. The van der Waals surface area contributed by atoms with Crippen molar-refractivity contribution in [3.8, 4) is 0 Å². The van der Waals surface area contributed by atoms with E-state index in [4.69, 9.17) is 23.1 Å². The van der Waals surface area contributed by atoms with Crippen LogP contribution >= 0.6 is 11.6 Å². The molecule has 0 fully saturated rings. The molecule has 6 heteroatoms.